The fourth-order valence-corrected chi connectivity index (χ4v) is 3.01. The number of hydrogen-bond acceptors (Lipinski definition) is 5. The highest BCUT2D eigenvalue weighted by Gasteiger charge is 2.12. The van der Waals surface area contributed by atoms with E-state index >= 15 is 0 Å². The summed E-state index contributed by atoms with van der Waals surface area (Å²) in [5, 5.41) is 0. The highest BCUT2D eigenvalue weighted by molar-refractivity contribution is 5.60. The number of aryl methyl sites for hydroxylation is 3. The molecule has 0 radical (unpaired) electrons. The molecule has 1 rings (SSSR count). The summed E-state index contributed by atoms with van der Waals surface area (Å²) in [7, 11) is 3.29. The Bertz CT molecular complexity index is 428. The lowest BCUT2D eigenvalue weighted by atomic mass is 10.0. The van der Waals surface area contributed by atoms with Gasteiger partial charge in [-0.05, 0) is 44.7 Å². The van der Waals surface area contributed by atoms with Crippen LogP contribution in [0.3, 0.4) is 0 Å². The normalized spacial score (nSPS) is 11.0. The van der Waals surface area contributed by atoms with Gasteiger partial charge in [0.05, 0.1) is 13.2 Å². The van der Waals surface area contributed by atoms with Crippen molar-refractivity contribution in [2.75, 3.05) is 59.0 Å². The smallest absolute Gasteiger partial charge is 0.146 e. The molecule has 138 valence electrons. The number of rotatable bonds is 13. The van der Waals surface area contributed by atoms with Crippen molar-refractivity contribution in [2.45, 2.75) is 33.6 Å². The largest absolute Gasteiger partial charge is 0.371 e. The van der Waals surface area contributed by atoms with E-state index in [9.17, 15) is 0 Å². The first-order valence-electron chi connectivity index (χ1n) is 8.56. The first-order chi connectivity index (χ1) is 11.6. The number of anilines is 1. The molecule has 0 spiro atoms. The maximum Gasteiger partial charge on any atom is 0.146 e. The molecule has 0 bridgehead atoms. The molecule has 0 aromatic heterocycles. The number of hydrogen-bond donors (Lipinski definition) is 0. The van der Waals surface area contributed by atoms with E-state index in [-0.39, 0.29) is 0 Å². The Morgan fingerprint density at radius 1 is 0.792 bits per heavy atom. The Hall–Kier alpha value is -1.14. The SMILES string of the molecule is COCOCCCN(CCCOCOC)c1c(C)cc(C)cc1C. The van der Waals surface area contributed by atoms with Gasteiger partial charge >= 0.3 is 0 Å². The van der Waals surface area contributed by atoms with E-state index in [4.69, 9.17) is 18.9 Å². The van der Waals surface area contributed by atoms with Crippen LogP contribution in [0.2, 0.25) is 0 Å². The number of ether oxygens (including phenoxy) is 4. The second-order valence-corrected chi connectivity index (χ2v) is 6.07. The van der Waals surface area contributed by atoms with Crippen LogP contribution in [-0.2, 0) is 18.9 Å². The van der Waals surface area contributed by atoms with Crippen LogP contribution in [0.5, 0.6) is 0 Å². The molecule has 0 amide bonds. The minimum atomic E-state index is 0.355. The highest BCUT2D eigenvalue weighted by Crippen LogP contribution is 2.26. The Labute approximate surface area is 146 Å². The zero-order chi connectivity index (χ0) is 17.8. The first-order valence-corrected chi connectivity index (χ1v) is 8.56. The Morgan fingerprint density at radius 2 is 1.25 bits per heavy atom. The van der Waals surface area contributed by atoms with Crippen molar-refractivity contribution in [3.63, 3.8) is 0 Å². The molecule has 0 saturated heterocycles. The zero-order valence-corrected chi connectivity index (χ0v) is 15.9. The minimum absolute atomic E-state index is 0.355. The molecule has 0 aliphatic heterocycles. The number of methoxy groups -OCH3 is 2. The third kappa shape index (κ3) is 7.62. The lowest BCUT2D eigenvalue weighted by Gasteiger charge is -2.28. The fourth-order valence-electron chi connectivity index (χ4n) is 3.01. The van der Waals surface area contributed by atoms with E-state index in [1.54, 1.807) is 14.2 Å². The average Bonchev–Trinajstić information content (AvgIpc) is 2.52. The molecule has 0 unspecified atom stereocenters. The van der Waals surface area contributed by atoms with Gasteiger partial charge < -0.3 is 23.8 Å². The van der Waals surface area contributed by atoms with Crippen molar-refractivity contribution in [1.29, 1.82) is 0 Å². The van der Waals surface area contributed by atoms with E-state index in [1.165, 1.54) is 22.4 Å². The molecule has 0 atom stereocenters. The van der Waals surface area contributed by atoms with Crippen LogP contribution in [0.25, 0.3) is 0 Å². The van der Waals surface area contributed by atoms with Gasteiger partial charge in [0.25, 0.3) is 0 Å². The van der Waals surface area contributed by atoms with E-state index in [0.717, 1.165) is 25.9 Å². The summed E-state index contributed by atoms with van der Waals surface area (Å²) in [6.45, 7) is 10.5. The van der Waals surface area contributed by atoms with Crippen molar-refractivity contribution >= 4 is 5.69 Å². The molecule has 1 aromatic carbocycles. The van der Waals surface area contributed by atoms with Gasteiger partial charge in [-0.25, -0.2) is 0 Å². The predicted molar refractivity (Wildman–Crippen MR) is 97.8 cm³/mol. The van der Waals surface area contributed by atoms with Crippen LogP contribution in [-0.4, -0.2) is 54.1 Å². The van der Waals surface area contributed by atoms with Gasteiger partial charge in [0.2, 0.25) is 0 Å². The van der Waals surface area contributed by atoms with Crippen LogP contribution >= 0.6 is 0 Å². The third-order valence-corrected chi connectivity index (χ3v) is 3.79. The average molecular weight is 339 g/mol. The van der Waals surface area contributed by atoms with E-state index in [0.29, 0.717) is 26.8 Å². The van der Waals surface area contributed by atoms with E-state index < -0.39 is 0 Å². The highest BCUT2D eigenvalue weighted by atomic mass is 16.7. The lowest BCUT2D eigenvalue weighted by molar-refractivity contribution is -0.0316. The predicted octanol–water partition coefficient (Wildman–Crippen LogP) is 3.44. The Morgan fingerprint density at radius 3 is 1.67 bits per heavy atom. The van der Waals surface area contributed by atoms with Crippen molar-refractivity contribution in [3.05, 3.63) is 28.8 Å². The minimum Gasteiger partial charge on any atom is -0.371 e. The van der Waals surface area contributed by atoms with Crippen LogP contribution in [0, 0.1) is 20.8 Å². The van der Waals surface area contributed by atoms with Crippen molar-refractivity contribution in [3.8, 4) is 0 Å². The number of nitrogens with zero attached hydrogens (tertiary/aromatic N) is 1. The molecule has 0 aliphatic rings. The zero-order valence-electron chi connectivity index (χ0n) is 15.9. The quantitative estimate of drug-likeness (QED) is 0.407. The third-order valence-electron chi connectivity index (χ3n) is 3.79. The van der Waals surface area contributed by atoms with Gasteiger partial charge in [-0.1, -0.05) is 17.7 Å². The molecule has 24 heavy (non-hydrogen) atoms. The van der Waals surface area contributed by atoms with Crippen molar-refractivity contribution in [2.24, 2.45) is 0 Å². The summed E-state index contributed by atoms with van der Waals surface area (Å²) in [5.41, 5.74) is 5.28. The van der Waals surface area contributed by atoms with Crippen LogP contribution < -0.4 is 4.90 Å². The van der Waals surface area contributed by atoms with Gasteiger partial charge in [-0.2, -0.15) is 0 Å². The summed E-state index contributed by atoms with van der Waals surface area (Å²) in [5.74, 6) is 0. The Kier molecular flexibility index (Phi) is 10.7. The molecule has 1 aromatic rings. The van der Waals surface area contributed by atoms with Crippen LogP contribution in [0.15, 0.2) is 12.1 Å². The molecule has 0 heterocycles. The summed E-state index contributed by atoms with van der Waals surface area (Å²) in [6, 6.07) is 4.50. The lowest BCUT2D eigenvalue weighted by Crippen LogP contribution is -2.29. The number of benzene rings is 1. The summed E-state index contributed by atoms with van der Waals surface area (Å²) in [4.78, 5) is 2.44. The summed E-state index contributed by atoms with van der Waals surface area (Å²) >= 11 is 0. The molecule has 5 nitrogen and oxygen atoms in total. The fraction of sp³-hybridized carbons (Fsp3) is 0.684. The van der Waals surface area contributed by atoms with Gasteiger partial charge in [-0.15, -0.1) is 0 Å². The van der Waals surface area contributed by atoms with Gasteiger partial charge in [-0.3, -0.25) is 0 Å². The molecule has 0 N–H and O–H groups in total. The second kappa shape index (κ2) is 12.3. The van der Waals surface area contributed by atoms with Crippen molar-refractivity contribution in [1.82, 2.24) is 0 Å². The first kappa shape index (κ1) is 20.9. The maximum atomic E-state index is 5.42. The molecule has 5 heteroatoms. The Balaban J connectivity index is 2.66. The molecule has 0 aliphatic carbocycles. The van der Waals surface area contributed by atoms with E-state index in [1.807, 2.05) is 0 Å². The topological polar surface area (TPSA) is 40.2 Å². The maximum absolute atomic E-state index is 5.42. The van der Waals surface area contributed by atoms with Gasteiger partial charge in [0.1, 0.15) is 13.6 Å². The molecule has 0 fully saturated rings. The molecular formula is C19H33NO4. The molecular weight excluding hydrogens is 306 g/mol. The standard InChI is InChI=1S/C19H33NO4/c1-16-12-17(2)19(18(3)13-16)20(8-6-10-23-14-21-4)9-7-11-24-15-22-5/h12-13H,6-11,14-15H2,1-5H3. The van der Waals surface area contributed by atoms with Crippen LogP contribution in [0.4, 0.5) is 5.69 Å². The second-order valence-electron chi connectivity index (χ2n) is 6.07. The summed E-state index contributed by atoms with van der Waals surface area (Å²) in [6.07, 6.45) is 1.93. The van der Waals surface area contributed by atoms with E-state index in [2.05, 4.69) is 37.8 Å². The monoisotopic (exact) mass is 339 g/mol. The van der Waals surface area contributed by atoms with Gasteiger partial charge in [0, 0.05) is 33.0 Å². The molecule has 0 saturated carbocycles. The van der Waals surface area contributed by atoms with Gasteiger partial charge in [0.15, 0.2) is 0 Å². The summed E-state index contributed by atoms with van der Waals surface area (Å²) < 4.78 is 20.7. The van der Waals surface area contributed by atoms with Crippen molar-refractivity contribution < 1.29 is 18.9 Å². The van der Waals surface area contributed by atoms with Crippen LogP contribution in [0.1, 0.15) is 29.5 Å².